The molecule has 1 aliphatic rings. The first-order valence-electron chi connectivity index (χ1n) is 25.9. The Balaban J connectivity index is 2.25. The summed E-state index contributed by atoms with van der Waals surface area (Å²) < 4.78 is 5.43. The van der Waals surface area contributed by atoms with Gasteiger partial charge in [-0.3, -0.25) is 4.79 Å². The first-order chi connectivity index (χ1) is 29.3. The van der Waals surface area contributed by atoms with Crippen molar-refractivity contribution in [3.05, 3.63) is 0 Å². The molecule has 0 aliphatic carbocycles. The average molecular weight is 858 g/mol. The maximum Gasteiger partial charge on any atom is 0.220 e. The summed E-state index contributed by atoms with van der Waals surface area (Å²) in [6, 6.07) is -0.612. The Kier molecular flexibility index (Phi) is 39.0. The number of aliphatic hydroxyl groups excluding tert-OH is 5. The summed E-state index contributed by atoms with van der Waals surface area (Å²) in [7, 11) is 0. The van der Waals surface area contributed by atoms with Crippen molar-refractivity contribution in [3.8, 4) is 0 Å². The quantitative estimate of drug-likeness (QED) is 0.0199. The van der Waals surface area contributed by atoms with Gasteiger partial charge in [-0.15, -0.1) is 0 Å². The van der Waals surface area contributed by atoms with Crippen LogP contribution in [0.25, 0.3) is 0 Å². The van der Waals surface area contributed by atoms with Gasteiger partial charge in [0.25, 0.3) is 0 Å². The summed E-state index contributed by atoms with van der Waals surface area (Å²) in [6.45, 7) is 5.69. The highest BCUT2D eigenvalue weighted by Gasteiger charge is 2.45. The summed E-state index contributed by atoms with van der Waals surface area (Å²) in [5.74, 6) is -0.120. The molecule has 0 aromatic carbocycles. The van der Waals surface area contributed by atoms with E-state index in [9.17, 15) is 30.3 Å². The smallest absolute Gasteiger partial charge is 0.220 e. The molecule has 1 amide bonds. The van der Waals surface area contributed by atoms with Crippen molar-refractivity contribution in [2.75, 3.05) is 6.61 Å². The molecule has 60 heavy (non-hydrogen) atoms. The fourth-order valence-electron chi connectivity index (χ4n) is 8.58. The molecule has 10 nitrogen and oxygen atoms in total. The SMILES string of the molecule is CCCCCCCCCCCCCCCCCCCCCCCCCC(=O)N[C@@H](C)[C@H](OO[C@H]1O[C@H](CO)[C@H](O)[C@H](O)[C@H]1O)[C@@H](O)CCCCCCCCCCCCCC. The van der Waals surface area contributed by atoms with E-state index in [0.29, 0.717) is 12.8 Å². The van der Waals surface area contributed by atoms with E-state index >= 15 is 0 Å². The molecule has 0 aromatic rings. The van der Waals surface area contributed by atoms with Crippen LogP contribution in [0.2, 0.25) is 0 Å². The third-order valence-electron chi connectivity index (χ3n) is 12.7. The topological polar surface area (TPSA) is 158 Å². The Hall–Kier alpha value is -0.850. The van der Waals surface area contributed by atoms with Crippen LogP contribution in [0, 0.1) is 0 Å². The van der Waals surface area contributed by atoms with Crippen LogP contribution in [-0.4, -0.2) is 87.0 Å². The lowest BCUT2D eigenvalue weighted by atomic mass is 9.99. The Morgan fingerprint density at radius 3 is 1.25 bits per heavy atom. The van der Waals surface area contributed by atoms with Crippen LogP contribution in [0.3, 0.4) is 0 Å². The minimum Gasteiger partial charge on any atom is -0.394 e. The van der Waals surface area contributed by atoms with Crippen LogP contribution in [-0.2, 0) is 19.3 Å². The van der Waals surface area contributed by atoms with Gasteiger partial charge in [-0.05, 0) is 19.8 Å². The lowest BCUT2D eigenvalue weighted by molar-refractivity contribution is -0.446. The predicted molar refractivity (Wildman–Crippen MR) is 246 cm³/mol. The lowest BCUT2D eigenvalue weighted by Gasteiger charge is -2.39. The molecule has 0 spiro atoms. The Bertz CT molecular complexity index is 926. The maximum absolute atomic E-state index is 12.9. The number of hydrogen-bond donors (Lipinski definition) is 6. The molecule has 1 rings (SSSR count). The van der Waals surface area contributed by atoms with Crippen molar-refractivity contribution in [1.29, 1.82) is 0 Å². The van der Waals surface area contributed by atoms with E-state index < -0.39 is 55.6 Å². The zero-order chi connectivity index (χ0) is 43.9. The molecule has 0 aromatic heterocycles. The largest absolute Gasteiger partial charge is 0.394 e. The molecule has 1 fully saturated rings. The number of nitrogens with one attached hydrogen (secondary N) is 1. The highest BCUT2D eigenvalue weighted by molar-refractivity contribution is 5.76. The van der Waals surface area contributed by atoms with E-state index in [1.54, 1.807) is 6.92 Å². The van der Waals surface area contributed by atoms with E-state index in [-0.39, 0.29) is 5.91 Å². The van der Waals surface area contributed by atoms with Gasteiger partial charge in [-0.1, -0.05) is 232 Å². The summed E-state index contributed by atoms with van der Waals surface area (Å²) >= 11 is 0. The number of hydrogen-bond acceptors (Lipinski definition) is 9. The third kappa shape index (κ3) is 30.3. The van der Waals surface area contributed by atoms with Crippen molar-refractivity contribution in [3.63, 3.8) is 0 Å². The normalized spacial score (nSPS) is 21.0. The molecule has 1 aliphatic heterocycles. The second-order valence-corrected chi connectivity index (χ2v) is 18.5. The van der Waals surface area contributed by atoms with E-state index in [1.165, 1.54) is 186 Å². The van der Waals surface area contributed by atoms with Gasteiger partial charge in [-0.2, -0.15) is 0 Å². The van der Waals surface area contributed by atoms with Crippen molar-refractivity contribution < 1.29 is 44.8 Å². The number of unbranched alkanes of at least 4 members (excludes halogenated alkanes) is 33. The summed E-state index contributed by atoms with van der Waals surface area (Å²) in [4.78, 5) is 24.0. The molecule has 10 heteroatoms. The van der Waals surface area contributed by atoms with E-state index in [0.717, 1.165) is 38.5 Å². The standard InChI is InChI=1S/C50H99NO9/c1-4-6-8-10-12-14-16-18-19-20-21-22-23-24-25-26-27-28-30-32-34-36-38-40-45(54)51-42(3)49(59-60-50-48(57)47(56)46(55)44(41-52)58-50)43(53)39-37-35-33-31-29-17-15-13-11-9-7-5-2/h42-44,46-50,52-53,55-57H,4-41H2,1-3H3,(H,51,54)/t42-,43-,44+,46-,47-,48+,49-,50+/m0/s1. The fourth-order valence-corrected chi connectivity index (χ4v) is 8.58. The number of aliphatic hydroxyl groups is 5. The van der Waals surface area contributed by atoms with E-state index in [4.69, 9.17) is 14.5 Å². The Labute approximate surface area is 369 Å². The van der Waals surface area contributed by atoms with Gasteiger partial charge in [0.1, 0.15) is 30.5 Å². The van der Waals surface area contributed by atoms with E-state index in [1.807, 2.05) is 0 Å². The van der Waals surface area contributed by atoms with Crippen LogP contribution in [0.15, 0.2) is 0 Å². The molecule has 8 atom stereocenters. The number of ether oxygens (including phenoxy) is 1. The average Bonchev–Trinajstić information content (AvgIpc) is 3.24. The van der Waals surface area contributed by atoms with Crippen molar-refractivity contribution in [2.24, 2.45) is 0 Å². The van der Waals surface area contributed by atoms with Crippen LogP contribution in [0.4, 0.5) is 0 Å². The summed E-state index contributed by atoms with van der Waals surface area (Å²) in [6.07, 6.45) is 36.5. The molecule has 0 radical (unpaired) electrons. The zero-order valence-corrected chi connectivity index (χ0v) is 39.4. The molecular formula is C50H99NO9. The molecule has 358 valence electrons. The van der Waals surface area contributed by atoms with Gasteiger partial charge in [0, 0.05) is 6.42 Å². The predicted octanol–water partition coefficient (Wildman–Crippen LogP) is 11.4. The monoisotopic (exact) mass is 858 g/mol. The van der Waals surface area contributed by atoms with Crippen LogP contribution >= 0.6 is 0 Å². The molecule has 1 saturated heterocycles. The minimum atomic E-state index is -1.64. The molecule has 1 heterocycles. The Morgan fingerprint density at radius 1 is 0.533 bits per heavy atom. The third-order valence-corrected chi connectivity index (χ3v) is 12.7. The van der Waals surface area contributed by atoms with Gasteiger partial charge < -0.3 is 35.6 Å². The highest BCUT2D eigenvalue weighted by Crippen LogP contribution is 2.24. The number of rotatable bonds is 44. The first-order valence-corrected chi connectivity index (χ1v) is 25.9. The van der Waals surface area contributed by atoms with Crippen LogP contribution in [0.5, 0.6) is 0 Å². The molecule has 0 saturated carbocycles. The molecular weight excluding hydrogens is 759 g/mol. The lowest BCUT2D eigenvalue weighted by Crippen LogP contribution is -2.59. The molecule has 0 bridgehead atoms. The second-order valence-electron chi connectivity index (χ2n) is 18.5. The maximum atomic E-state index is 12.9. The van der Waals surface area contributed by atoms with Gasteiger partial charge in [0.05, 0.1) is 18.8 Å². The van der Waals surface area contributed by atoms with Crippen molar-refractivity contribution in [1.82, 2.24) is 5.32 Å². The van der Waals surface area contributed by atoms with Gasteiger partial charge in [-0.25, -0.2) is 9.78 Å². The Morgan fingerprint density at radius 2 is 0.883 bits per heavy atom. The number of carbonyl (C=O) groups is 1. The number of carbonyl (C=O) groups excluding carboxylic acids is 1. The van der Waals surface area contributed by atoms with Crippen molar-refractivity contribution >= 4 is 5.91 Å². The van der Waals surface area contributed by atoms with Crippen molar-refractivity contribution in [2.45, 2.75) is 307 Å². The van der Waals surface area contributed by atoms with Crippen LogP contribution in [0.1, 0.15) is 258 Å². The first kappa shape index (κ1) is 57.2. The van der Waals surface area contributed by atoms with E-state index in [2.05, 4.69) is 19.2 Å². The summed E-state index contributed by atoms with van der Waals surface area (Å²) in [5, 5.41) is 54.5. The number of amides is 1. The second kappa shape index (κ2) is 40.9. The highest BCUT2D eigenvalue weighted by atomic mass is 17.2. The zero-order valence-electron chi connectivity index (χ0n) is 39.4. The van der Waals surface area contributed by atoms with Crippen LogP contribution < -0.4 is 5.32 Å². The minimum absolute atomic E-state index is 0.120. The fraction of sp³-hybridized carbons (Fsp3) is 0.980. The molecule has 0 unspecified atom stereocenters. The summed E-state index contributed by atoms with van der Waals surface area (Å²) in [5.41, 5.74) is 0. The van der Waals surface area contributed by atoms with Gasteiger partial charge in [0.15, 0.2) is 0 Å². The van der Waals surface area contributed by atoms with Gasteiger partial charge >= 0.3 is 0 Å². The molecule has 6 N–H and O–H groups in total. The van der Waals surface area contributed by atoms with Gasteiger partial charge in [0.2, 0.25) is 12.2 Å².